The molecule has 0 aromatic heterocycles. The number of thioether (sulfide) groups is 1. The lowest BCUT2D eigenvalue weighted by atomic mass is 9.74. The molecule has 5 unspecified atom stereocenters. The standard InChI is InChI=1S/C17H21NS2/c1-2-20-14-12-9-17(15(18)19)10-16(12,8-13(14)17)11-6-4-3-5-7-11/h3-7,12-14H,2,8-10H2,1H3,(H2,18,19). The maximum absolute atomic E-state index is 6.20. The van der Waals surface area contributed by atoms with Crippen molar-refractivity contribution in [2.24, 2.45) is 23.0 Å². The summed E-state index contributed by atoms with van der Waals surface area (Å²) >= 11 is 7.65. The Labute approximate surface area is 130 Å². The molecule has 4 saturated carbocycles. The number of thiocarbonyl (C=S) groups is 1. The number of hydrogen-bond acceptors (Lipinski definition) is 2. The summed E-state index contributed by atoms with van der Waals surface area (Å²) in [5.41, 5.74) is 8.27. The lowest BCUT2D eigenvalue weighted by Crippen LogP contribution is -2.38. The minimum absolute atomic E-state index is 0.169. The minimum atomic E-state index is 0.169. The van der Waals surface area contributed by atoms with Crippen molar-refractivity contribution in [2.75, 3.05) is 5.75 Å². The van der Waals surface area contributed by atoms with Crippen molar-refractivity contribution < 1.29 is 0 Å². The Bertz CT molecular complexity index is 557. The van der Waals surface area contributed by atoms with Gasteiger partial charge in [0, 0.05) is 16.1 Å². The monoisotopic (exact) mass is 303 g/mol. The van der Waals surface area contributed by atoms with E-state index in [0.29, 0.717) is 5.41 Å². The van der Waals surface area contributed by atoms with E-state index in [1.165, 1.54) is 30.6 Å². The third-order valence-corrected chi connectivity index (χ3v) is 7.99. The van der Waals surface area contributed by atoms with Gasteiger partial charge < -0.3 is 5.73 Å². The largest absolute Gasteiger partial charge is 0.393 e. The van der Waals surface area contributed by atoms with Crippen molar-refractivity contribution in [1.82, 2.24) is 0 Å². The molecule has 106 valence electrons. The fourth-order valence-electron chi connectivity index (χ4n) is 5.59. The average molecular weight is 303 g/mol. The van der Waals surface area contributed by atoms with Crippen molar-refractivity contribution >= 4 is 29.0 Å². The van der Waals surface area contributed by atoms with Crippen LogP contribution in [0.15, 0.2) is 30.3 Å². The topological polar surface area (TPSA) is 26.0 Å². The third kappa shape index (κ3) is 1.38. The summed E-state index contributed by atoms with van der Waals surface area (Å²) in [6.07, 6.45) is 3.74. The summed E-state index contributed by atoms with van der Waals surface area (Å²) in [6.45, 7) is 2.27. The number of rotatable bonds is 4. The predicted octanol–water partition coefficient (Wildman–Crippen LogP) is 3.76. The van der Waals surface area contributed by atoms with Gasteiger partial charge in [0.05, 0.1) is 4.99 Å². The van der Waals surface area contributed by atoms with Crippen LogP contribution in [0.4, 0.5) is 0 Å². The molecule has 2 N–H and O–H groups in total. The summed E-state index contributed by atoms with van der Waals surface area (Å²) in [7, 11) is 0. The molecule has 0 amide bonds. The zero-order valence-electron chi connectivity index (χ0n) is 11.8. The molecule has 1 aromatic carbocycles. The second-order valence-electron chi connectivity index (χ2n) is 6.76. The van der Waals surface area contributed by atoms with Gasteiger partial charge in [-0.05, 0) is 42.4 Å². The maximum atomic E-state index is 6.20. The lowest BCUT2D eigenvalue weighted by molar-refractivity contribution is 0.370. The second kappa shape index (κ2) is 4.23. The van der Waals surface area contributed by atoms with Crippen LogP contribution in [0.2, 0.25) is 0 Å². The van der Waals surface area contributed by atoms with E-state index in [4.69, 9.17) is 18.0 Å². The normalized spacial score (nSPS) is 44.4. The number of hydrogen-bond donors (Lipinski definition) is 1. The highest BCUT2D eigenvalue weighted by atomic mass is 32.2. The molecule has 4 fully saturated rings. The van der Waals surface area contributed by atoms with E-state index in [-0.39, 0.29) is 5.41 Å². The molecule has 4 bridgehead atoms. The summed E-state index contributed by atoms with van der Waals surface area (Å²) < 4.78 is 0. The van der Waals surface area contributed by atoms with Gasteiger partial charge in [-0.1, -0.05) is 49.5 Å². The van der Waals surface area contributed by atoms with E-state index in [1.54, 1.807) is 0 Å². The Morgan fingerprint density at radius 2 is 2.05 bits per heavy atom. The van der Waals surface area contributed by atoms with Gasteiger partial charge in [0.25, 0.3) is 0 Å². The van der Waals surface area contributed by atoms with Crippen LogP contribution in [-0.2, 0) is 5.41 Å². The first-order chi connectivity index (χ1) is 9.64. The van der Waals surface area contributed by atoms with Crippen molar-refractivity contribution in [3.63, 3.8) is 0 Å². The Hall–Kier alpha value is -0.540. The summed E-state index contributed by atoms with van der Waals surface area (Å²) in [6, 6.07) is 11.1. The molecule has 0 spiro atoms. The molecule has 0 heterocycles. The zero-order chi connectivity index (χ0) is 14.0. The van der Waals surface area contributed by atoms with E-state index < -0.39 is 0 Å². The van der Waals surface area contributed by atoms with Crippen molar-refractivity contribution in [3.8, 4) is 0 Å². The minimum Gasteiger partial charge on any atom is -0.393 e. The molecule has 1 nitrogen and oxygen atoms in total. The third-order valence-electron chi connectivity index (χ3n) is 6.21. The molecular formula is C17H21NS2. The second-order valence-corrected chi connectivity index (χ2v) is 8.66. The van der Waals surface area contributed by atoms with Crippen LogP contribution in [0.5, 0.6) is 0 Å². The van der Waals surface area contributed by atoms with Crippen molar-refractivity contribution in [3.05, 3.63) is 35.9 Å². The van der Waals surface area contributed by atoms with Gasteiger partial charge in [-0.2, -0.15) is 11.8 Å². The highest BCUT2D eigenvalue weighted by Crippen LogP contribution is 2.78. The molecule has 0 radical (unpaired) electrons. The summed E-state index contributed by atoms with van der Waals surface area (Å²) in [5, 5.41) is 0.774. The zero-order valence-corrected chi connectivity index (χ0v) is 13.5. The lowest BCUT2D eigenvalue weighted by Gasteiger charge is -2.34. The Kier molecular flexibility index (Phi) is 2.78. The molecule has 4 aliphatic rings. The molecule has 4 aliphatic carbocycles. The van der Waals surface area contributed by atoms with Crippen LogP contribution in [0.1, 0.15) is 31.7 Å². The fraction of sp³-hybridized carbons (Fsp3) is 0.588. The Morgan fingerprint density at radius 1 is 1.30 bits per heavy atom. The van der Waals surface area contributed by atoms with Crippen LogP contribution in [-0.4, -0.2) is 16.0 Å². The summed E-state index contributed by atoms with van der Waals surface area (Å²) in [4.78, 5) is 0.794. The summed E-state index contributed by atoms with van der Waals surface area (Å²) in [5.74, 6) is 2.70. The van der Waals surface area contributed by atoms with Gasteiger partial charge in [0.15, 0.2) is 0 Å². The fourth-order valence-corrected chi connectivity index (χ4v) is 7.46. The molecule has 0 aliphatic heterocycles. The van der Waals surface area contributed by atoms with E-state index in [1.807, 2.05) is 0 Å². The van der Waals surface area contributed by atoms with Gasteiger partial charge in [-0.25, -0.2) is 0 Å². The van der Waals surface area contributed by atoms with E-state index in [2.05, 4.69) is 49.0 Å². The van der Waals surface area contributed by atoms with E-state index in [0.717, 1.165) is 22.1 Å². The predicted molar refractivity (Wildman–Crippen MR) is 90.1 cm³/mol. The van der Waals surface area contributed by atoms with Crippen LogP contribution < -0.4 is 5.73 Å². The molecule has 20 heavy (non-hydrogen) atoms. The van der Waals surface area contributed by atoms with Crippen LogP contribution in [0, 0.1) is 17.3 Å². The van der Waals surface area contributed by atoms with E-state index in [9.17, 15) is 0 Å². The van der Waals surface area contributed by atoms with E-state index >= 15 is 0 Å². The van der Waals surface area contributed by atoms with Gasteiger partial charge >= 0.3 is 0 Å². The first-order valence-corrected chi connectivity index (χ1v) is 9.07. The SMILES string of the molecule is CCSC1C2CC3(c4ccccc4)CC2(C(N)=S)CC13. The van der Waals surface area contributed by atoms with Crippen LogP contribution >= 0.6 is 24.0 Å². The first kappa shape index (κ1) is 13.1. The van der Waals surface area contributed by atoms with Crippen molar-refractivity contribution in [2.45, 2.75) is 36.9 Å². The maximum Gasteiger partial charge on any atom is 0.0793 e. The van der Waals surface area contributed by atoms with Crippen molar-refractivity contribution in [1.29, 1.82) is 0 Å². The highest BCUT2D eigenvalue weighted by molar-refractivity contribution is 7.99. The molecule has 5 atom stereocenters. The highest BCUT2D eigenvalue weighted by Gasteiger charge is 2.75. The quantitative estimate of drug-likeness (QED) is 0.858. The van der Waals surface area contributed by atoms with Crippen LogP contribution in [0.3, 0.4) is 0 Å². The first-order valence-electron chi connectivity index (χ1n) is 7.61. The Balaban J connectivity index is 1.80. The number of benzene rings is 1. The molecule has 0 saturated heterocycles. The smallest absolute Gasteiger partial charge is 0.0793 e. The van der Waals surface area contributed by atoms with Gasteiger partial charge in [0.2, 0.25) is 0 Å². The molecule has 5 rings (SSSR count). The average Bonchev–Trinajstić information content (AvgIpc) is 3.13. The molecular weight excluding hydrogens is 282 g/mol. The molecule has 1 aromatic rings. The van der Waals surface area contributed by atoms with Crippen LogP contribution in [0.25, 0.3) is 0 Å². The number of nitrogens with two attached hydrogens (primary N) is 1. The van der Waals surface area contributed by atoms with Gasteiger partial charge in [0.1, 0.15) is 0 Å². The Morgan fingerprint density at radius 3 is 2.65 bits per heavy atom. The van der Waals surface area contributed by atoms with Gasteiger partial charge in [-0.3, -0.25) is 0 Å². The molecule has 3 heteroatoms. The van der Waals surface area contributed by atoms with Gasteiger partial charge in [-0.15, -0.1) is 0 Å².